The van der Waals surface area contributed by atoms with Gasteiger partial charge in [0.2, 0.25) is 0 Å². The molecule has 0 unspecified atom stereocenters. The van der Waals surface area contributed by atoms with Crippen LogP contribution < -0.4 is 10.5 Å². The molecule has 2 atom stereocenters. The Morgan fingerprint density at radius 3 is 2.14 bits per heavy atom. The van der Waals surface area contributed by atoms with Crippen LogP contribution in [0.15, 0.2) is 78.0 Å². The number of halogens is 7. The number of alkyl halides is 6. The van der Waals surface area contributed by atoms with Gasteiger partial charge in [-0.15, -0.1) is 0 Å². The van der Waals surface area contributed by atoms with Crippen molar-refractivity contribution in [3.63, 3.8) is 0 Å². The highest BCUT2D eigenvalue weighted by atomic mass is 35.5. The predicted octanol–water partition coefficient (Wildman–Crippen LogP) is 9.03. The molecule has 10 nitrogen and oxygen atoms in total. The second-order valence-electron chi connectivity index (χ2n) is 15.3. The molecule has 0 bridgehead atoms. The maximum Gasteiger partial charge on any atom is 0.387 e. The van der Waals surface area contributed by atoms with Gasteiger partial charge in [0.15, 0.2) is 17.3 Å². The van der Waals surface area contributed by atoms with Gasteiger partial charge in [-0.25, -0.2) is 32.2 Å². The first-order chi connectivity index (χ1) is 26.2. The standard InChI is InChI=1S/C39H39ClF6N6O4/c1-36(2,3)20-39(25-10-5-22(6-11-25)23-7-12-26(13-8-23)56-34(43)44)33(54)51(35(47)50-39)29(19-55-30(53)18-38(15-16-38)37(4,45)46)24-9-14-27(40)28(17-24)52-32(31(41)42)48-21-49-52/h5-14,17,21,29,31,34H,15-16,18-20H2,1-4H3,(H2,47,50)/t29-,39-/m1/s1. The van der Waals surface area contributed by atoms with Gasteiger partial charge < -0.3 is 15.2 Å². The zero-order valence-electron chi connectivity index (χ0n) is 30.8. The zero-order chi connectivity index (χ0) is 40.8. The fourth-order valence-corrected chi connectivity index (χ4v) is 7.26. The molecule has 1 aliphatic heterocycles. The molecule has 1 amide bonds. The monoisotopic (exact) mass is 804 g/mol. The predicted molar refractivity (Wildman–Crippen MR) is 195 cm³/mol. The molecule has 17 heteroatoms. The molecular weight excluding hydrogens is 766 g/mol. The number of carbonyl (C=O) groups is 2. The van der Waals surface area contributed by atoms with E-state index in [1.807, 2.05) is 20.8 Å². The number of hydrogen-bond donors (Lipinski definition) is 1. The third-order valence-electron chi connectivity index (χ3n) is 10.0. The molecule has 2 N–H and O–H groups in total. The molecule has 2 heterocycles. The molecule has 298 valence electrons. The number of carbonyl (C=O) groups excluding carboxylic acids is 2. The van der Waals surface area contributed by atoms with Gasteiger partial charge in [-0.2, -0.15) is 13.9 Å². The summed E-state index contributed by atoms with van der Waals surface area (Å²) in [4.78, 5) is 37.7. The number of nitrogens with zero attached hydrogens (tertiary/aromatic N) is 5. The SMILES string of the molecule is CC(C)(C)C[C@]1(c2ccc(-c3ccc(OC(F)F)cc3)cc2)N=C(N)N([C@H](COC(=O)CC2(C(C)(F)F)CC2)c2ccc(Cl)c(-n3ncnc3C(F)F)c2)C1=O. The first kappa shape index (κ1) is 40.5. The summed E-state index contributed by atoms with van der Waals surface area (Å²) in [6.45, 7) is 2.95. The normalized spacial score (nSPS) is 18.7. The summed E-state index contributed by atoms with van der Waals surface area (Å²) in [5, 5.41) is 3.91. The fourth-order valence-electron chi connectivity index (χ4n) is 7.07. The molecule has 6 rings (SSSR count). The van der Waals surface area contributed by atoms with Crippen LogP contribution in [0.4, 0.5) is 26.3 Å². The van der Waals surface area contributed by atoms with Crippen LogP contribution in [0.2, 0.25) is 5.02 Å². The van der Waals surface area contributed by atoms with Crippen molar-refractivity contribution < 1.29 is 45.4 Å². The van der Waals surface area contributed by atoms with Gasteiger partial charge in [0.1, 0.15) is 18.7 Å². The number of aliphatic imine (C=N–C) groups is 1. The smallest absolute Gasteiger partial charge is 0.387 e. The van der Waals surface area contributed by atoms with Crippen LogP contribution in [-0.2, 0) is 19.9 Å². The van der Waals surface area contributed by atoms with Crippen molar-refractivity contribution >= 4 is 29.4 Å². The molecule has 56 heavy (non-hydrogen) atoms. The van der Waals surface area contributed by atoms with Crippen LogP contribution in [0.5, 0.6) is 5.75 Å². The first-order valence-corrected chi connectivity index (χ1v) is 18.0. The van der Waals surface area contributed by atoms with Crippen molar-refractivity contribution in [1.82, 2.24) is 19.7 Å². The molecule has 4 aromatic rings. The van der Waals surface area contributed by atoms with Crippen molar-refractivity contribution in [1.29, 1.82) is 0 Å². The Morgan fingerprint density at radius 1 is 0.964 bits per heavy atom. The Balaban J connectivity index is 1.38. The number of aromatic nitrogens is 3. The first-order valence-electron chi connectivity index (χ1n) is 17.6. The van der Waals surface area contributed by atoms with Crippen LogP contribution in [0.1, 0.15) is 82.8 Å². The van der Waals surface area contributed by atoms with Gasteiger partial charge in [0.05, 0.1) is 23.2 Å². The molecule has 0 radical (unpaired) electrons. The maximum absolute atomic E-state index is 15.0. The van der Waals surface area contributed by atoms with E-state index in [2.05, 4.69) is 14.8 Å². The van der Waals surface area contributed by atoms with Crippen LogP contribution in [0.3, 0.4) is 0 Å². The second kappa shape index (κ2) is 15.1. The molecular formula is C39H39ClF6N6O4. The summed E-state index contributed by atoms with van der Waals surface area (Å²) in [5.41, 5.74) is 4.98. The summed E-state index contributed by atoms with van der Waals surface area (Å²) in [5.74, 6) is -5.62. The van der Waals surface area contributed by atoms with E-state index >= 15 is 4.79 Å². The highest BCUT2D eigenvalue weighted by Crippen LogP contribution is 2.59. The van der Waals surface area contributed by atoms with Crippen LogP contribution in [0.25, 0.3) is 16.8 Å². The number of nitrogens with two attached hydrogens (primary N) is 1. The van der Waals surface area contributed by atoms with Crippen molar-refractivity contribution in [2.75, 3.05) is 6.61 Å². The molecule has 0 saturated heterocycles. The van der Waals surface area contributed by atoms with Crippen molar-refractivity contribution in [2.24, 2.45) is 21.6 Å². The molecule has 2 aliphatic rings. The summed E-state index contributed by atoms with van der Waals surface area (Å²) in [6.07, 6.45) is -2.23. The Hall–Kier alpha value is -5.12. The molecule has 1 fully saturated rings. The third-order valence-corrected chi connectivity index (χ3v) is 10.3. The van der Waals surface area contributed by atoms with Gasteiger partial charge in [0, 0.05) is 5.41 Å². The van der Waals surface area contributed by atoms with E-state index in [9.17, 15) is 31.1 Å². The summed E-state index contributed by atoms with van der Waals surface area (Å²) in [7, 11) is 0. The Kier molecular flexibility index (Phi) is 10.9. The minimum atomic E-state index is -3.13. The molecule has 1 aliphatic carbocycles. The summed E-state index contributed by atoms with van der Waals surface area (Å²) < 4.78 is 92.8. The molecule has 0 spiro atoms. The van der Waals surface area contributed by atoms with Crippen molar-refractivity contribution in [2.45, 2.75) is 83.9 Å². The molecule has 3 aromatic carbocycles. The van der Waals surface area contributed by atoms with Crippen LogP contribution >= 0.6 is 11.6 Å². The van der Waals surface area contributed by atoms with Crippen molar-refractivity contribution in [3.05, 3.63) is 95.0 Å². The Morgan fingerprint density at radius 2 is 1.59 bits per heavy atom. The lowest BCUT2D eigenvalue weighted by Crippen LogP contribution is -2.47. The largest absolute Gasteiger partial charge is 0.463 e. The highest BCUT2D eigenvalue weighted by molar-refractivity contribution is 6.32. The van der Waals surface area contributed by atoms with Gasteiger partial charge in [0.25, 0.3) is 18.3 Å². The number of hydrogen-bond acceptors (Lipinski definition) is 8. The van der Waals surface area contributed by atoms with E-state index in [4.69, 9.17) is 27.1 Å². The topological polar surface area (TPSA) is 125 Å². The number of amides is 1. The zero-order valence-corrected chi connectivity index (χ0v) is 31.5. The van der Waals surface area contributed by atoms with E-state index in [0.717, 1.165) is 22.8 Å². The molecule has 1 aromatic heterocycles. The minimum absolute atomic E-state index is 0.00508. The van der Waals surface area contributed by atoms with E-state index < -0.39 is 72.1 Å². The lowest BCUT2D eigenvalue weighted by molar-refractivity contribution is -0.153. The van der Waals surface area contributed by atoms with Gasteiger partial charge in [-0.05, 0) is 78.1 Å². The Bertz CT molecular complexity index is 2110. The average Bonchev–Trinajstić information content (AvgIpc) is 3.66. The fraction of sp³-hybridized carbons (Fsp3) is 0.410. The quantitative estimate of drug-likeness (QED) is 0.0997. The highest BCUT2D eigenvalue weighted by Gasteiger charge is 2.60. The van der Waals surface area contributed by atoms with E-state index in [1.165, 1.54) is 30.3 Å². The number of benzene rings is 3. The second-order valence-corrected chi connectivity index (χ2v) is 15.7. The van der Waals surface area contributed by atoms with Crippen LogP contribution in [-0.4, -0.2) is 56.6 Å². The molecule has 1 saturated carbocycles. The summed E-state index contributed by atoms with van der Waals surface area (Å²) >= 11 is 6.46. The van der Waals surface area contributed by atoms with Crippen LogP contribution in [0, 0.1) is 10.8 Å². The van der Waals surface area contributed by atoms with Gasteiger partial charge >= 0.3 is 12.6 Å². The number of ether oxygens (including phenoxy) is 2. The van der Waals surface area contributed by atoms with Gasteiger partial charge in [-0.3, -0.25) is 14.5 Å². The number of guanidine groups is 1. The minimum Gasteiger partial charge on any atom is -0.463 e. The third kappa shape index (κ3) is 8.20. The van der Waals surface area contributed by atoms with Gasteiger partial charge in [-0.1, -0.05) is 74.8 Å². The lowest BCUT2D eigenvalue weighted by Gasteiger charge is -2.35. The number of esters is 1. The lowest BCUT2D eigenvalue weighted by atomic mass is 9.75. The van der Waals surface area contributed by atoms with E-state index in [1.54, 1.807) is 36.4 Å². The average molecular weight is 805 g/mol. The summed E-state index contributed by atoms with van der Waals surface area (Å²) in [6, 6.07) is 15.9. The Labute approximate surface area is 323 Å². The van der Waals surface area contributed by atoms with E-state index in [0.29, 0.717) is 16.7 Å². The number of rotatable bonds is 14. The van der Waals surface area contributed by atoms with E-state index in [-0.39, 0.29) is 47.2 Å². The van der Waals surface area contributed by atoms with Crippen molar-refractivity contribution in [3.8, 4) is 22.6 Å². The maximum atomic E-state index is 15.0.